The molecule has 0 saturated carbocycles. The van der Waals surface area contributed by atoms with Gasteiger partial charge in [-0.25, -0.2) is 0 Å². The summed E-state index contributed by atoms with van der Waals surface area (Å²) in [7, 11) is 0. The van der Waals surface area contributed by atoms with Crippen molar-refractivity contribution >= 4 is 5.97 Å². The summed E-state index contributed by atoms with van der Waals surface area (Å²) in [6, 6.07) is 0. The Hall–Kier alpha value is -0.790. The van der Waals surface area contributed by atoms with Crippen molar-refractivity contribution in [2.45, 2.75) is 33.1 Å². The van der Waals surface area contributed by atoms with Crippen LogP contribution in [-0.2, 0) is 9.53 Å². The van der Waals surface area contributed by atoms with Crippen molar-refractivity contribution in [3.8, 4) is 0 Å². The molecule has 0 bridgehead atoms. The summed E-state index contributed by atoms with van der Waals surface area (Å²) < 4.78 is 4.70. The van der Waals surface area contributed by atoms with Gasteiger partial charge in [0.2, 0.25) is 0 Å². The zero-order chi connectivity index (χ0) is 8.53. The molecule has 0 spiro atoms. The molecule has 0 aromatic rings. The molecule has 0 unspecified atom stereocenters. The highest BCUT2D eigenvalue weighted by Crippen LogP contribution is 1.94. The quantitative estimate of drug-likeness (QED) is 0.347. The van der Waals surface area contributed by atoms with Crippen molar-refractivity contribution in [1.82, 2.24) is 0 Å². The van der Waals surface area contributed by atoms with E-state index in [4.69, 9.17) is 4.74 Å². The third-order valence-electron chi connectivity index (χ3n) is 1.27. The van der Waals surface area contributed by atoms with E-state index in [1.165, 1.54) is 19.8 Å². The number of rotatable bonds is 5. The zero-order valence-electron chi connectivity index (χ0n) is 7.30. The molecule has 0 aliphatic heterocycles. The molecule has 0 aliphatic rings. The average molecular weight is 156 g/mol. The summed E-state index contributed by atoms with van der Waals surface area (Å²) in [5.41, 5.74) is 0. The van der Waals surface area contributed by atoms with E-state index < -0.39 is 0 Å². The van der Waals surface area contributed by atoms with Crippen molar-refractivity contribution in [1.29, 1.82) is 0 Å². The maximum atomic E-state index is 10.3. The van der Waals surface area contributed by atoms with Gasteiger partial charge in [-0.05, 0) is 6.42 Å². The first-order valence-corrected chi connectivity index (χ1v) is 4.05. The molecule has 0 rings (SSSR count). The van der Waals surface area contributed by atoms with E-state index in [0.29, 0.717) is 6.61 Å². The van der Waals surface area contributed by atoms with Crippen LogP contribution in [0.5, 0.6) is 0 Å². The van der Waals surface area contributed by atoms with Crippen LogP contribution in [-0.4, -0.2) is 12.6 Å². The van der Waals surface area contributed by atoms with E-state index in [9.17, 15) is 4.79 Å². The molecule has 0 N–H and O–H groups in total. The minimum absolute atomic E-state index is 0.217. The fourth-order valence-electron chi connectivity index (χ4n) is 0.673. The van der Waals surface area contributed by atoms with E-state index in [1.54, 1.807) is 0 Å². The largest absolute Gasteiger partial charge is 0.462 e. The van der Waals surface area contributed by atoms with Gasteiger partial charge in [0.1, 0.15) is 6.61 Å². The predicted octanol–water partition coefficient (Wildman–Crippen LogP) is 2.30. The van der Waals surface area contributed by atoms with Crippen molar-refractivity contribution in [3.05, 3.63) is 12.2 Å². The van der Waals surface area contributed by atoms with Crippen molar-refractivity contribution in [2.24, 2.45) is 0 Å². The van der Waals surface area contributed by atoms with Crippen LogP contribution in [0, 0.1) is 0 Å². The number of hydrogen-bond acceptors (Lipinski definition) is 2. The molecule has 0 aromatic carbocycles. The van der Waals surface area contributed by atoms with E-state index in [-0.39, 0.29) is 5.97 Å². The minimum Gasteiger partial charge on any atom is -0.462 e. The molecule has 0 aromatic heterocycles. The zero-order valence-corrected chi connectivity index (χ0v) is 7.30. The van der Waals surface area contributed by atoms with E-state index in [2.05, 4.69) is 6.92 Å². The topological polar surface area (TPSA) is 26.3 Å². The maximum absolute atomic E-state index is 10.3. The number of ether oxygens (including phenoxy) is 1. The molecule has 2 heteroatoms. The first-order valence-electron chi connectivity index (χ1n) is 4.05. The van der Waals surface area contributed by atoms with Crippen LogP contribution in [0.25, 0.3) is 0 Å². The summed E-state index contributed by atoms with van der Waals surface area (Å²) in [4.78, 5) is 10.3. The summed E-state index contributed by atoms with van der Waals surface area (Å²) in [5, 5.41) is 0. The van der Waals surface area contributed by atoms with Crippen LogP contribution >= 0.6 is 0 Å². The van der Waals surface area contributed by atoms with Gasteiger partial charge in [-0.15, -0.1) is 0 Å². The third-order valence-corrected chi connectivity index (χ3v) is 1.27. The molecular formula is C9H16O2. The number of hydrogen-bond donors (Lipinski definition) is 0. The Balaban J connectivity index is 3.10. The van der Waals surface area contributed by atoms with Crippen molar-refractivity contribution in [2.75, 3.05) is 6.61 Å². The maximum Gasteiger partial charge on any atom is 0.302 e. The molecule has 0 atom stereocenters. The fraction of sp³-hybridized carbons (Fsp3) is 0.667. The van der Waals surface area contributed by atoms with Gasteiger partial charge in [-0.3, -0.25) is 4.79 Å². The number of carbonyl (C=O) groups excluding carboxylic acids is 1. The lowest BCUT2D eigenvalue weighted by Gasteiger charge is -1.94. The molecule has 0 heterocycles. The lowest BCUT2D eigenvalue weighted by molar-refractivity contribution is -0.139. The summed E-state index contributed by atoms with van der Waals surface area (Å²) in [5.74, 6) is -0.217. The number of esters is 1. The number of unbranched alkanes of at least 4 members (excludes halogenated alkanes) is 2. The van der Waals surface area contributed by atoms with E-state index in [1.807, 2.05) is 12.2 Å². The predicted molar refractivity (Wildman–Crippen MR) is 45.3 cm³/mol. The first-order chi connectivity index (χ1) is 5.27. The van der Waals surface area contributed by atoms with Gasteiger partial charge in [0, 0.05) is 6.92 Å². The standard InChI is InChI=1S/C9H16O2/c1-3-4-5-6-7-8-11-9(2)10/h6-7H,3-5,8H2,1-2H3/b7-6+. The van der Waals surface area contributed by atoms with Gasteiger partial charge < -0.3 is 4.74 Å². The lowest BCUT2D eigenvalue weighted by atomic mass is 10.2. The fourth-order valence-corrected chi connectivity index (χ4v) is 0.673. The van der Waals surface area contributed by atoms with Gasteiger partial charge in [0.05, 0.1) is 0 Å². The molecule has 0 saturated heterocycles. The van der Waals surface area contributed by atoms with Crippen LogP contribution in [0.4, 0.5) is 0 Å². The highest BCUT2D eigenvalue weighted by molar-refractivity contribution is 5.65. The van der Waals surface area contributed by atoms with Crippen LogP contribution in [0.1, 0.15) is 33.1 Å². The van der Waals surface area contributed by atoms with Crippen LogP contribution < -0.4 is 0 Å². The highest BCUT2D eigenvalue weighted by Gasteiger charge is 1.85. The van der Waals surface area contributed by atoms with E-state index >= 15 is 0 Å². The summed E-state index contributed by atoms with van der Waals surface area (Å²) in [6.45, 7) is 3.98. The molecule has 11 heavy (non-hydrogen) atoms. The van der Waals surface area contributed by atoms with Crippen molar-refractivity contribution < 1.29 is 9.53 Å². The molecule has 0 aliphatic carbocycles. The second kappa shape index (κ2) is 7.32. The Morgan fingerprint density at radius 3 is 2.73 bits per heavy atom. The van der Waals surface area contributed by atoms with Crippen LogP contribution in [0.2, 0.25) is 0 Å². The Labute approximate surface area is 68.2 Å². The molecule has 0 amide bonds. The summed E-state index contributed by atoms with van der Waals surface area (Å²) >= 11 is 0. The molecule has 2 nitrogen and oxygen atoms in total. The summed E-state index contributed by atoms with van der Waals surface area (Å²) in [6.07, 6.45) is 7.43. The van der Waals surface area contributed by atoms with Gasteiger partial charge in [-0.1, -0.05) is 31.9 Å². The second-order valence-electron chi connectivity index (χ2n) is 2.42. The minimum atomic E-state index is -0.217. The monoisotopic (exact) mass is 156 g/mol. The molecule has 0 radical (unpaired) electrons. The normalized spacial score (nSPS) is 10.4. The van der Waals surface area contributed by atoms with Crippen LogP contribution in [0.15, 0.2) is 12.2 Å². The Bertz CT molecular complexity index is 128. The molecule has 0 fully saturated rings. The average Bonchev–Trinajstić information content (AvgIpc) is 1.96. The first kappa shape index (κ1) is 10.2. The Morgan fingerprint density at radius 2 is 2.18 bits per heavy atom. The Morgan fingerprint density at radius 1 is 1.45 bits per heavy atom. The van der Waals surface area contributed by atoms with Crippen LogP contribution in [0.3, 0.4) is 0 Å². The van der Waals surface area contributed by atoms with Gasteiger partial charge in [0.25, 0.3) is 0 Å². The SMILES string of the molecule is CCCC/C=C/COC(C)=O. The Kier molecular flexibility index (Phi) is 6.79. The molecule has 64 valence electrons. The third kappa shape index (κ3) is 9.21. The highest BCUT2D eigenvalue weighted by atomic mass is 16.5. The van der Waals surface area contributed by atoms with Gasteiger partial charge in [-0.2, -0.15) is 0 Å². The lowest BCUT2D eigenvalue weighted by Crippen LogP contribution is -1.97. The second-order valence-corrected chi connectivity index (χ2v) is 2.42. The van der Waals surface area contributed by atoms with Gasteiger partial charge in [0.15, 0.2) is 0 Å². The molecular weight excluding hydrogens is 140 g/mol. The van der Waals surface area contributed by atoms with Gasteiger partial charge >= 0.3 is 5.97 Å². The number of allylic oxidation sites excluding steroid dienone is 1. The number of carbonyl (C=O) groups is 1. The van der Waals surface area contributed by atoms with Crippen molar-refractivity contribution in [3.63, 3.8) is 0 Å². The van der Waals surface area contributed by atoms with E-state index in [0.717, 1.165) is 6.42 Å². The smallest absolute Gasteiger partial charge is 0.302 e.